The number of rotatable bonds is 3. The van der Waals surface area contributed by atoms with Crippen LogP contribution in [-0.2, 0) is 4.79 Å². The topological polar surface area (TPSA) is 54.4 Å². The summed E-state index contributed by atoms with van der Waals surface area (Å²) >= 11 is 0. The molecule has 0 aliphatic heterocycles. The minimum atomic E-state index is -0.840. The molecule has 1 saturated carbocycles. The predicted molar refractivity (Wildman–Crippen MR) is 64.0 cm³/mol. The van der Waals surface area contributed by atoms with Gasteiger partial charge in [0.25, 0.3) is 0 Å². The first-order valence-corrected chi connectivity index (χ1v) is 5.93. The Labute approximate surface area is 100 Å². The van der Waals surface area contributed by atoms with Crippen molar-refractivity contribution in [3.63, 3.8) is 0 Å². The van der Waals surface area contributed by atoms with Crippen molar-refractivity contribution in [1.29, 1.82) is 0 Å². The second-order valence-corrected chi connectivity index (χ2v) is 4.71. The molecule has 0 aromatic heterocycles. The van der Waals surface area contributed by atoms with Gasteiger partial charge in [-0.2, -0.15) is 0 Å². The van der Waals surface area contributed by atoms with Crippen LogP contribution in [0.2, 0.25) is 0 Å². The standard InChI is InChI=1S/C14H16O3/c1-9-5-7-10(8-6-9)13(15)11-3-2-4-12(11)14(16)17/h5-8,11-12H,2-4H2,1H3,(H,16,17)/t11-,12-/m1/s1. The number of carbonyl (C=O) groups excluding carboxylic acids is 1. The lowest BCUT2D eigenvalue weighted by Gasteiger charge is -2.14. The van der Waals surface area contributed by atoms with Gasteiger partial charge in [-0.1, -0.05) is 36.2 Å². The number of carboxylic acid groups (broad SMARTS) is 1. The Kier molecular flexibility index (Phi) is 3.27. The zero-order chi connectivity index (χ0) is 12.4. The van der Waals surface area contributed by atoms with Crippen LogP contribution in [0.4, 0.5) is 0 Å². The summed E-state index contributed by atoms with van der Waals surface area (Å²) in [5, 5.41) is 9.07. The van der Waals surface area contributed by atoms with Gasteiger partial charge in [-0.25, -0.2) is 0 Å². The number of aryl methyl sites for hydroxylation is 1. The van der Waals surface area contributed by atoms with Crippen LogP contribution in [0.1, 0.15) is 35.2 Å². The van der Waals surface area contributed by atoms with Crippen molar-refractivity contribution in [3.05, 3.63) is 35.4 Å². The molecule has 0 heterocycles. The average Bonchev–Trinajstić information content (AvgIpc) is 2.78. The van der Waals surface area contributed by atoms with Crippen molar-refractivity contribution in [3.8, 4) is 0 Å². The van der Waals surface area contributed by atoms with E-state index < -0.39 is 11.9 Å². The van der Waals surface area contributed by atoms with Crippen molar-refractivity contribution >= 4 is 11.8 Å². The number of hydrogen-bond acceptors (Lipinski definition) is 2. The molecule has 90 valence electrons. The van der Waals surface area contributed by atoms with Crippen LogP contribution in [0, 0.1) is 18.8 Å². The van der Waals surface area contributed by atoms with Crippen LogP contribution in [0.5, 0.6) is 0 Å². The molecule has 2 rings (SSSR count). The first-order chi connectivity index (χ1) is 8.09. The Morgan fingerprint density at radius 2 is 1.71 bits per heavy atom. The molecule has 0 saturated heterocycles. The highest BCUT2D eigenvalue weighted by atomic mass is 16.4. The highest BCUT2D eigenvalue weighted by Gasteiger charge is 2.37. The molecule has 1 fully saturated rings. The van der Waals surface area contributed by atoms with Gasteiger partial charge < -0.3 is 5.11 Å². The Morgan fingerprint density at radius 1 is 1.12 bits per heavy atom. The lowest BCUT2D eigenvalue weighted by atomic mass is 9.88. The molecule has 1 aromatic carbocycles. The summed E-state index contributed by atoms with van der Waals surface area (Å²) in [7, 11) is 0. The van der Waals surface area contributed by atoms with Gasteiger partial charge in [-0.15, -0.1) is 0 Å². The highest BCUT2D eigenvalue weighted by Crippen LogP contribution is 2.34. The summed E-state index contributed by atoms with van der Waals surface area (Å²) in [6.45, 7) is 1.96. The molecule has 1 aromatic rings. The molecular formula is C14H16O3. The van der Waals surface area contributed by atoms with Crippen LogP contribution in [0.25, 0.3) is 0 Å². The number of aliphatic carboxylic acids is 1. The molecule has 0 amide bonds. The first kappa shape index (κ1) is 11.8. The van der Waals surface area contributed by atoms with Crippen LogP contribution < -0.4 is 0 Å². The maximum atomic E-state index is 12.2. The van der Waals surface area contributed by atoms with E-state index in [4.69, 9.17) is 5.11 Å². The SMILES string of the molecule is Cc1ccc(C(=O)[C@@H]2CCC[C@H]2C(=O)O)cc1. The number of carboxylic acids is 1. The Morgan fingerprint density at radius 3 is 2.29 bits per heavy atom. The lowest BCUT2D eigenvalue weighted by molar-refractivity contribution is -0.142. The van der Waals surface area contributed by atoms with E-state index in [0.717, 1.165) is 12.0 Å². The molecule has 1 N–H and O–H groups in total. The molecule has 1 aliphatic carbocycles. The number of ketones is 1. The fourth-order valence-electron chi connectivity index (χ4n) is 2.50. The Balaban J connectivity index is 2.19. The minimum absolute atomic E-state index is 0.0186. The van der Waals surface area contributed by atoms with Gasteiger partial charge in [0, 0.05) is 11.5 Å². The van der Waals surface area contributed by atoms with Crippen molar-refractivity contribution < 1.29 is 14.7 Å². The fourth-order valence-corrected chi connectivity index (χ4v) is 2.50. The average molecular weight is 232 g/mol. The number of Topliss-reactive ketones (excluding diaryl/α,β-unsaturated/α-hetero) is 1. The minimum Gasteiger partial charge on any atom is -0.481 e. The van der Waals surface area contributed by atoms with Gasteiger partial charge in [0.1, 0.15) is 0 Å². The molecule has 17 heavy (non-hydrogen) atoms. The van der Waals surface area contributed by atoms with E-state index in [2.05, 4.69) is 0 Å². The zero-order valence-electron chi connectivity index (χ0n) is 9.85. The molecule has 2 atom stereocenters. The quantitative estimate of drug-likeness (QED) is 0.815. The van der Waals surface area contributed by atoms with Gasteiger partial charge in [-0.3, -0.25) is 9.59 Å². The fraction of sp³-hybridized carbons (Fsp3) is 0.429. The van der Waals surface area contributed by atoms with Gasteiger partial charge in [0.05, 0.1) is 5.92 Å². The van der Waals surface area contributed by atoms with Crippen LogP contribution in [-0.4, -0.2) is 16.9 Å². The largest absolute Gasteiger partial charge is 0.481 e. The molecule has 0 spiro atoms. The zero-order valence-corrected chi connectivity index (χ0v) is 9.85. The monoisotopic (exact) mass is 232 g/mol. The predicted octanol–water partition coefficient (Wildman–Crippen LogP) is 2.68. The summed E-state index contributed by atoms with van der Waals surface area (Å²) in [6.07, 6.45) is 2.15. The number of carbonyl (C=O) groups is 2. The van der Waals surface area contributed by atoms with Crippen molar-refractivity contribution in [2.75, 3.05) is 0 Å². The van der Waals surface area contributed by atoms with E-state index in [0.29, 0.717) is 18.4 Å². The lowest BCUT2D eigenvalue weighted by Crippen LogP contribution is -2.25. The van der Waals surface area contributed by atoms with E-state index in [1.165, 1.54) is 0 Å². The maximum absolute atomic E-state index is 12.2. The molecule has 0 radical (unpaired) electrons. The number of hydrogen-bond donors (Lipinski definition) is 1. The summed E-state index contributed by atoms with van der Waals surface area (Å²) < 4.78 is 0. The van der Waals surface area contributed by atoms with E-state index in [1.54, 1.807) is 12.1 Å². The number of benzene rings is 1. The van der Waals surface area contributed by atoms with Crippen molar-refractivity contribution in [2.24, 2.45) is 11.8 Å². The van der Waals surface area contributed by atoms with Gasteiger partial charge in [-0.05, 0) is 19.8 Å². The van der Waals surface area contributed by atoms with Crippen molar-refractivity contribution in [1.82, 2.24) is 0 Å². The first-order valence-electron chi connectivity index (χ1n) is 5.93. The van der Waals surface area contributed by atoms with Crippen LogP contribution >= 0.6 is 0 Å². The summed E-state index contributed by atoms with van der Waals surface area (Å²) in [5.41, 5.74) is 1.73. The summed E-state index contributed by atoms with van der Waals surface area (Å²) in [4.78, 5) is 23.3. The van der Waals surface area contributed by atoms with E-state index in [-0.39, 0.29) is 11.7 Å². The molecule has 3 heteroatoms. The summed E-state index contributed by atoms with van der Waals surface area (Å²) in [5.74, 6) is -1.69. The van der Waals surface area contributed by atoms with E-state index in [1.807, 2.05) is 19.1 Å². The van der Waals surface area contributed by atoms with Crippen LogP contribution in [0.3, 0.4) is 0 Å². The van der Waals surface area contributed by atoms with Gasteiger partial charge in [0.15, 0.2) is 5.78 Å². The summed E-state index contributed by atoms with van der Waals surface area (Å²) in [6, 6.07) is 7.35. The molecule has 0 unspecified atom stereocenters. The van der Waals surface area contributed by atoms with Gasteiger partial charge >= 0.3 is 5.97 Å². The third-order valence-electron chi connectivity index (χ3n) is 3.51. The molecule has 0 bridgehead atoms. The molecule has 1 aliphatic rings. The Bertz CT molecular complexity index is 433. The highest BCUT2D eigenvalue weighted by molar-refractivity contribution is 6.00. The van der Waals surface area contributed by atoms with E-state index >= 15 is 0 Å². The Hall–Kier alpha value is -1.64. The molecule has 3 nitrogen and oxygen atoms in total. The molecular weight excluding hydrogens is 216 g/mol. The van der Waals surface area contributed by atoms with Gasteiger partial charge in [0.2, 0.25) is 0 Å². The van der Waals surface area contributed by atoms with Crippen LogP contribution in [0.15, 0.2) is 24.3 Å². The third kappa shape index (κ3) is 2.38. The maximum Gasteiger partial charge on any atom is 0.307 e. The second-order valence-electron chi connectivity index (χ2n) is 4.71. The third-order valence-corrected chi connectivity index (χ3v) is 3.51. The smallest absolute Gasteiger partial charge is 0.307 e. The van der Waals surface area contributed by atoms with Crippen molar-refractivity contribution in [2.45, 2.75) is 26.2 Å². The second kappa shape index (κ2) is 4.70. The normalized spacial score (nSPS) is 23.6. The van der Waals surface area contributed by atoms with E-state index in [9.17, 15) is 9.59 Å².